The number of nitrogens with zero attached hydrogens (tertiary/aromatic N) is 2. The quantitative estimate of drug-likeness (QED) is 0.561. The SMILES string of the molecule is O=C(CCCCCc1ccccc1)c1ccncn1. The fourth-order valence-electron chi connectivity index (χ4n) is 2.02. The largest absolute Gasteiger partial charge is 0.292 e. The van der Waals surface area contributed by atoms with Gasteiger partial charge in [-0.2, -0.15) is 0 Å². The van der Waals surface area contributed by atoms with Crippen molar-refractivity contribution in [3.63, 3.8) is 0 Å². The van der Waals surface area contributed by atoms with E-state index < -0.39 is 0 Å². The number of hydrogen-bond acceptors (Lipinski definition) is 3. The Morgan fingerprint density at radius 3 is 2.58 bits per heavy atom. The highest BCUT2D eigenvalue weighted by atomic mass is 16.1. The molecule has 3 heteroatoms. The third kappa shape index (κ3) is 4.62. The van der Waals surface area contributed by atoms with Gasteiger partial charge < -0.3 is 0 Å². The van der Waals surface area contributed by atoms with Crippen LogP contribution in [-0.4, -0.2) is 15.8 Å². The van der Waals surface area contributed by atoms with Crippen LogP contribution in [0.2, 0.25) is 0 Å². The molecule has 0 unspecified atom stereocenters. The molecule has 2 rings (SSSR count). The van der Waals surface area contributed by atoms with Crippen molar-refractivity contribution >= 4 is 5.78 Å². The molecule has 0 atom stereocenters. The zero-order valence-corrected chi connectivity index (χ0v) is 11.0. The summed E-state index contributed by atoms with van der Waals surface area (Å²) < 4.78 is 0. The van der Waals surface area contributed by atoms with E-state index in [0.29, 0.717) is 12.1 Å². The molecule has 3 nitrogen and oxygen atoms in total. The molecular weight excluding hydrogens is 236 g/mol. The van der Waals surface area contributed by atoms with Crippen LogP contribution in [0.1, 0.15) is 41.7 Å². The standard InChI is InChI=1S/C16H18N2O/c19-16(15-11-12-17-13-18-15)10-6-2-5-9-14-7-3-1-4-8-14/h1,3-4,7-8,11-13H,2,5-6,9-10H2. The van der Waals surface area contributed by atoms with Gasteiger partial charge in [-0.15, -0.1) is 0 Å². The van der Waals surface area contributed by atoms with Gasteiger partial charge in [0, 0.05) is 12.6 Å². The molecule has 0 radical (unpaired) electrons. The number of aryl methyl sites for hydroxylation is 1. The highest BCUT2D eigenvalue weighted by Crippen LogP contribution is 2.09. The van der Waals surface area contributed by atoms with Crippen molar-refractivity contribution in [2.24, 2.45) is 0 Å². The smallest absolute Gasteiger partial charge is 0.181 e. The van der Waals surface area contributed by atoms with Gasteiger partial charge >= 0.3 is 0 Å². The number of carbonyl (C=O) groups excluding carboxylic acids is 1. The van der Waals surface area contributed by atoms with Crippen LogP contribution < -0.4 is 0 Å². The normalized spacial score (nSPS) is 10.3. The zero-order valence-electron chi connectivity index (χ0n) is 11.0. The summed E-state index contributed by atoms with van der Waals surface area (Å²) >= 11 is 0. The molecule has 98 valence electrons. The third-order valence-electron chi connectivity index (χ3n) is 3.08. The number of carbonyl (C=O) groups is 1. The number of ketones is 1. The molecule has 1 aromatic carbocycles. The molecule has 2 aromatic rings. The molecule has 0 bridgehead atoms. The molecule has 19 heavy (non-hydrogen) atoms. The highest BCUT2D eigenvalue weighted by Gasteiger charge is 2.05. The third-order valence-corrected chi connectivity index (χ3v) is 3.08. The Kier molecular flexibility index (Phi) is 5.23. The average molecular weight is 254 g/mol. The van der Waals surface area contributed by atoms with E-state index in [1.54, 1.807) is 12.3 Å². The molecule has 0 amide bonds. The first kappa shape index (κ1) is 13.4. The van der Waals surface area contributed by atoms with Gasteiger partial charge in [0.05, 0.1) is 0 Å². The molecule has 1 aromatic heterocycles. The number of unbranched alkanes of at least 4 members (excludes halogenated alkanes) is 2. The number of Topliss-reactive ketones (excluding diaryl/α,β-unsaturated/α-hetero) is 1. The summed E-state index contributed by atoms with van der Waals surface area (Å²) in [6, 6.07) is 12.1. The minimum atomic E-state index is 0.113. The molecule has 1 heterocycles. The van der Waals surface area contributed by atoms with Crippen molar-refractivity contribution in [2.45, 2.75) is 32.1 Å². The van der Waals surface area contributed by atoms with Crippen LogP contribution in [0.5, 0.6) is 0 Å². The first-order chi connectivity index (χ1) is 9.36. The van der Waals surface area contributed by atoms with Gasteiger partial charge in [0.1, 0.15) is 12.0 Å². The summed E-state index contributed by atoms with van der Waals surface area (Å²) in [5.41, 5.74) is 1.89. The Balaban J connectivity index is 1.63. The van der Waals surface area contributed by atoms with Gasteiger partial charge in [-0.25, -0.2) is 9.97 Å². The maximum absolute atomic E-state index is 11.8. The van der Waals surface area contributed by atoms with E-state index in [9.17, 15) is 4.79 Å². The van der Waals surface area contributed by atoms with Crippen LogP contribution in [0.25, 0.3) is 0 Å². The predicted octanol–water partition coefficient (Wildman–Crippen LogP) is 3.46. The van der Waals surface area contributed by atoms with E-state index in [1.807, 2.05) is 6.07 Å². The molecule has 0 N–H and O–H groups in total. The Bertz CT molecular complexity index is 497. The van der Waals surface area contributed by atoms with Crippen molar-refractivity contribution in [3.05, 3.63) is 60.2 Å². The fraction of sp³-hybridized carbons (Fsp3) is 0.312. The molecular formula is C16H18N2O. The van der Waals surface area contributed by atoms with Crippen LogP contribution >= 0.6 is 0 Å². The zero-order chi connectivity index (χ0) is 13.3. The van der Waals surface area contributed by atoms with Gasteiger partial charge in [0.25, 0.3) is 0 Å². The molecule has 0 spiro atoms. The summed E-state index contributed by atoms with van der Waals surface area (Å²) in [6.45, 7) is 0. The average Bonchev–Trinajstić information content (AvgIpc) is 2.49. The monoisotopic (exact) mass is 254 g/mol. The second-order valence-electron chi connectivity index (χ2n) is 4.56. The maximum atomic E-state index is 11.8. The van der Waals surface area contributed by atoms with E-state index in [2.05, 4.69) is 34.2 Å². The number of aromatic nitrogens is 2. The summed E-state index contributed by atoms with van der Waals surface area (Å²) in [6.07, 6.45) is 7.81. The lowest BCUT2D eigenvalue weighted by atomic mass is 10.0. The minimum Gasteiger partial charge on any atom is -0.292 e. The van der Waals surface area contributed by atoms with Gasteiger partial charge in [-0.1, -0.05) is 36.8 Å². The van der Waals surface area contributed by atoms with Crippen LogP contribution in [0.3, 0.4) is 0 Å². The predicted molar refractivity (Wildman–Crippen MR) is 75.0 cm³/mol. The van der Waals surface area contributed by atoms with Gasteiger partial charge in [-0.05, 0) is 30.9 Å². The molecule has 0 saturated carbocycles. The van der Waals surface area contributed by atoms with Crippen molar-refractivity contribution in [1.29, 1.82) is 0 Å². The summed E-state index contributed by atoms with van der Waals surface area (Å²) in [4.78, 5) is 19.6. The van der Waals surface area contributed by atoms with Crippen molar-refractivity contribution in [2.75, 3.05) is 0 Å². The first-order valence-electron chi connectivity index (χ1n) is 6.69. The number of hydrogen-bond donors (Lipinski definition) is 0. The molecule has 0 aliphatic heterocycles. The van der Waals surface area contributed by atoms with Crippen LogP contribution in [0.4, 0.5) is 0 Å². The van der Waals surface area contributed by atoms with Gasteiger partial charge in [-0.3, -0.25) is 4.79 Å². The lowest BCUT2D eigenvalue weighted by Crippen LogP contribution is -2.02. The van der Waals surface area contributed by atoms with E-state index in [1.165, 1.54) is 11.9 Å². The van der Waals surface area contributed by atoms with Gasteiger partial charge in [0.15, 0.2) is 5.78 Å². The second-order valence-corrected chi connectivity index (χ2v) is 4.56. The van der Waals surface area contributed by atoms with Crippen molar-refractivity contribution < 1.29 is 4.79 Å². The Labute approximate surface area is 113 Å². The van der Waals surface area contributed by atoms with Gasteiger partial charge in [0.2, 0.25) is 0 Å². The van der Waals surface area contributed by atoms with E-state index in [-0.39, 0.29) is 5.78 Å². The molecule has 0 aliphatic carbocycles. The Morgan fingerprint density at radius 2 is 1.84 bits per heavy atom. The van der Waals surface area contributed by atoms with Crippen molar-refractivity contribution in [3.8, 4) is 0 Å². The summed E-state index contributed by atoms with van der Waals surface area (Å²) in [7, 11) is 0. The van der Waals surface area contributed by atoms with Crippen LogP contribution in [0.15, 0.2) is 48.9 Å². The summed E-state index contributed by atoms with van der Waals surface area (Å²) in [5, 5.41) is 0. The van der Waals surface area contributed by atoms with Crippen LogP contribution in [-0.2, 0) is 6.42 Å². The second kappa shape index (κ2) is 7.41. The molecule has 0 saturated heterocycles. The van der Waals surface area contributed by atoms with E-state index in [0.717, 1.165) is 25.7 Å². The van der Waals surface area contributed by atoms with Crippen LogP contribution in [0, 0.1) is 0 Å². The first-order valence-corrected chi connectivity index (χ1v) is 6.69. The molecule has 0 fully saturated rings. The topological polar surface area (TPSA) is 42.9 Å². The maximum Gasteiger partial charge on any atom is 0.181 e. The van der Waals surface area contributed by atoms with Crippen molar-refractivity contribution in [1.82, 2.24) is 9.97 Å². The highest BCUT2D eigenvalue weighted by molar-refractivity contribution is 5.93. The Morgan fingerprint density at radius 1 is 1.00 bits per heavy atom. The summed E-state index contributed by atoms with van der Waals surface area (Å²) in [5.74, 6) is 0.113. The van der Waals surface area contributed by atoms with E-state index in [4.69, 9.17) is 0 Å². The fourth-order valence-corrected chi connectivity index (χ4v) is 2.02. The number of rotatable bonds is 7. The number of benzene rings is 1. The minimum absolute atomic E-state index is 0.113. The Hall–Kier alpha value is -2.03. The molecule has 0 aliphatic rings. The van der Waals surface area contributed by atoms with E-state index >= 15 is 0 Å². The lowest BCUT2D eigenvalue weighted by Gasteiger charge is -2.02. The lowest BCUT2D eigenvalue weighted by molar-refractivity contribution is 0.0974.